The highest BCUT2D eigenvalue weighted by atomic mass is 16.2. The van der Waals surface area contributed by atoms with Crippen molar-refractivity contribution in [3.63, 3.8) is 0 Å². The molecule has 0 radical (unpaired) electrons. The molecule has 0 atom stereocenters. The molecule has 0 unspecified atom stereocenters. The van der Waals surface area contributed by atoms with Gasteiger partial charge in [0.2, 0.25) is 0 Å². The molecule has 4 heterocycles. The summed E-state index contributed by atoms with van der Waals surface area (Å²) in [4.78, 5) is 19.1. The van der Waals surface area contributed by atoms with E-state index in [1.807, 2.05) is 59.6 Å². The molecule has 1 amide bonds. The Labute approximate surface area is 170 Å². The lowest BCUT2D eigenvalue weighted by Gasteiger charge is -2.32. The molecule has 8 heteroatoms. The zero-order valence-electron chi connectivity index (χ0n) is 16.7. The number of nitrogens with zero attached hydrogens (tertiary/aromatic N) is 6. The van der Waals surface area contributed by atoms with Crippen LogP contribution in [0.5, 0.6) is 0 Å². The number of rotatable bonds is 7. The number of pyridine rings is 1. The number of anilines is 1. The van der Waals surface area contributed by atoms with E-state index in [0.717, 1.165) is 50.3 Å². The average molecular weight is 393 g/mol. The predicted octanol–water partition coefficient (Wildman–Crippen LogP) is 2.57. The number of hydrogen-bond acceptors (Lipinski definition) is 5. The number of aromatic nitrogens is 5. The molecule has 4 rings (SSSR count). The third-order valence-electron chi connectivity index (χ3n) is 5.47. The minimum absolute atomic E-state index is 0.0711. The van der Waals surface area contributed by atoms with Gasteiger partial charge in [0.1, 0.15) is 5.82 Å². The summed E-state index contributed by atoms with van der Waals surface area (Å²) >= 11 is 0. The number of piperidine rings is 1. The van der Waals surface area contributed by atoms with Crippen LogP contribution in [0, 0.1) is 5.92 Å². The van der Waals surface area contributed by atoms with Crippen LogP contribution >= 0.6 is 0 Å². The largest absolute Gasteiger partial charge is 0.366 e. The molecular formula is C21H27N7O. The van der Waals surface area contributed by atoms with Crippen LogP contribution in [0.25, 0.3) is 0 Å². The molecule has 1 N–H and O–H groups in total. The van der Waals surface area contributed by atoms with Gasteiger partial charge in [-0.15, -0.1) is 0 Å². The fraction of sp³-hybridized carbons (Fsp3) is 0.429. The van der Waals surface area contributed by atoms with Gasteiger partial charge in [-0.05, 0) is 43.4 Å². The van der Waals surface area contributed by atoms with Crippen LogP contribution in [-0.4, -0.2) is 48.4 Å². The fourth-order valence-corrected chi connectivity index (χ4v) is 3.74. The van der Waals surface area contributed by atoms with Crippen molar-refractivity contribution in [2.24, 2.45) is 13.0 Å². The Hall–Kier alpha value is -3.16. The molecule has 3 aromatic heterocycles. The highest BCUT2D eigenvalue weighted by Crippen LogP contribution is 2.22. The van der Waals surface area contributed by atoms with E-state index in [0.29, 0.717) is 18.0 Å². The highest BCUT2D eigenvalue weighted by Gasteiger charge is 2.23. The normalized spacial score (nSPS) is 14.9. The number of carbonyl (C=O) groups excluding carboxylic acids is 1. The van der Waals surface area contributed by atoms with Crippen LogP contribution in [0.3, 0.4) is 0 Å². The maximum atomic E-state index is 12.8. The predicted molar refractivity (Wildman–Crippen MR) is 110 cm³/mol. The zero-order valence-corrected chi connectivity index (χ0v) is 16.7. The third-order valence-corrected chi connectivity index (χ3v) is 5.47. The first-order valence-corrected chi connectivity index (χ1v) is 10.1. The summed E-state index contributed by atoms with van der Waals surface area (Å²) in [5, 5.41) is 11.7. The van der Waals surface area contributed by atoms with Gasteiger partial charge < -0.3 is 10.2 Å². The Balaban J connectivity index is 1.24. The van der Waals surface area contributed by atoms with Crippen molar-refractivity contribution in [2.45, 2.75) is 32.4 Å². The second-order valence-electron chi connectivity index (χ2n) is 7.60. The van der Waals surface area contributed by atoms with E-state index in [1.165, 1.54) is 0 Å². The van der Waals surface area contributed by atoms with Gasteiger partial charge in [0.25, 0.3) is 5.91 Å². The summed E-state index contributed by atoms with van der Waals surface area (Å²) in [5.41, 5.74) is 1.73. The minimum atomic E-state index is 0.0711. The SMILES string of the molecule is Cn1cc(CNc2ccc(C(=O)N3CCC(CCn4cccn4)CC3)cn2)cn1. The first-order chi connectivity index (χ1) is 14.2. The topological polar surface area (TPSA) is 80.9 Å². The molecule has 0 spiro atoms. The van der Waals surface area contributed by atoms with E-state index in [4.69, 9.17) is 0 Å². The fourth-order valence-electron chi connectivity index (χ4n) is 3.74. The highest BCUT2D eigenvalue weighted by molar-refractivity contribution is 5.94. The number of carbonyl (C=O) groups is 1. The molecule has 1 saturated heterocycles. The quantitative estimate of drug-likeness (QED) is 0.667. The molecule has 0 saturated carbocycles. The first-order valence-electron chi connectivity index (χ1n) is 10.1. The van der Waals surface area contributed by atoms with E-state index in [2.05, 4.69) is 20.5 Å². The van der Waals surface area contributed by atoms with Crippen molar-refractivity contribution in [2.75, 3.05) is 18.4 Å². The van der Waals surface area contributed by atoms with Gasteiger partial charge in [0.15, 0.2) is 0 Å². The Morgan fingerprint density at radius 3 is 2.72 bits per heavy atom. The van der Waals surface area contributed by atoms with Crippen LogP contribution in [0.1, 0.15) is 35.2 Å². The van der Waals surface area contributed by atoms with E-state index in [1.54, 1.807) is 10.9 Å². The lowest BCUT2D eigenvalue weighted by Crippen LogP contribution is -2.38. The van der Waals surface area contributed by atoms with E-state index in [-0.39, 0.29) is 5.91 Å². The summed E-state index contributed by atoms with van der Waals surface area (Å²) in [6, 6.07) is 5.67. The van der Waals surface area contributed by atoms with Gasteiger partial charge in [-0.25, -0.2) is 4.98 Å². The van der Waals surface area contributed by atoms with Crippen molar-refractivity contribution >= 4 is 11.7 Å². The lowest BCUT2D eigenvalue weighted by atomic mass is 9.93. The van der Waals surface area contributed by atoms with Crippen molar-refractivity contribution < 1.29 is 4.79 Å². The summed E-state index contributed by atoms with van der Waals surface area (Å²) in [6.07, 6.45) is 12.5. The maximum absolute atomic E-state index is 12.8. The molecule has 29 heavy (non-hydrogen) atoms. The van der Waals surface area contributed by atoms with Crippen LogP contribution in [0.4, 0.5) is 5.82 Å². The number of aryl methyl sites for hydroxylation is 2. The number of amides is 1. The maximum Gasteiger partial charge on any atom is 0.255 e. The molecule has 1 aliphatic rings. The Morgan fingerprint density at radius 1 is 1.21 bits per heavy atom. The van der Waals surface area contributed by atoms with Crippen LogP contribution in [-0.2, 0) is 20.1 Å². The standard InChI is InChI=1S/C21H27N7O/c1-26-16-18(14-25-26)13-22-20-4-3-19(15-23-20)21(29)27-10-5-17(6-11-27)7-12-28-9-2-8-24-28/h2-4,8-9,14-17H,5-7,10-13H2,1H3,(H,22,23). The summed E-state index contributed by atoms with van der Waals surface area (Å²) in [5.74, 6) is 1.48. The smallest absolute Gasteiger partial charge is 0.255 e. The summed E-state index contributed by atoms with van der Waals surface area (Å²) in [6.45, 7) is 3.22. The molecular weight excluding hydrogens is 366 g/mol. The summed E-state index contributed by atoms with van der Waals surface area (Å²) in [7, 11) is 1.89. The van der Waals surface area contributed by atoms with Crippen LogP contribution < -0.4 is 5.32 Å². The van der Waals surface area contributed by atoms with Crippen LogP contribution in [0.2, 0.25) is 0 Å². The molecule has 0 aromatic carbocycles. The Morgan fingerprint density at radius 2 is 2.07 bits per heavy atom. The second kappa shape index (κ2) is 8.89. The molecule has 0 bridgehead atoms. The van der Waals surface area contributed by atoms with Crippen LogP contribution in [0.15, 0.2) is 49.2 Å². The monoisotopic (exact) mass is 393 g/mol. The second-order valence-corrected chi connectivity index (χ2v) is 7.60. The van der Waals surface area contributed by atoms with E-state index in [9.17, 15) is 4.79 Å². The molecule has 1 fully saturated rings. The number of hydrogen-bond donors (Lipinski definition) is 1. The van der Waals surface area contributed by atoms with E-state index < -0.39 is 0 Å². The van der Waals surface area contributed by atoms with Gasteiger partial charge in [-0.1, -0.05) is 0 Å². The van der Waals surface area contributed by atoms with Gasteiger partial charge >= 0.3 is 0 Å². The van der Waals surface area contributed by atoms with Gasteiger partial charge in [-0.3, -0.25) is 14.2 Å². The Bertz CT molecular complexity index is 909. The average Bonchev–Trinajstić information content (AvgIpc) is 3.43. The molecule has 1 aliphatic heterocycles. The number of nitrogens with one attached hydrogen (secondary N) is 1. The van der Waals surface area contributed by atoms with Crippen molar-refractivity contribution in [3.05, 3.63) is 60.3 Å². The van der Waals surface area contributed by atoms with Gasteiger partial charge in [-0.2, -0.15) is 10.2 Å². The molecule has 8 nitrogen and oxygen atoms in total. The van der Waals surface area contributed by atoms with Gasteiger partial charge in [0, 0.05) is 63.6 Å². The summed E-state index contributed by atoms with van der Waals surface area (Å²) < 4.78 is 3.75. The molecule has 152 valence electrons. The zero-order chi connectivity index (χ0) is 20.1. The number of likely N-dealkylation sites (tertiary alicyclic amines) is 1. The molecule has 3 aromatic rings. The Kier molecular flexibility index (Phi) is 5.88. The van der Waals surface area contributed by atoms with Crippen molar-refractivity contribution in [3.8, 4) is 0 Å². The first kappa shape index (κ1) is 19.2. The van der Waals surface area contributed by atoms with E-state index >= 15 is 0 Å². The molecule has 0 aliphatic carbocycles. The van der Waals surface area contributed by atoms with Gasteiger partial charge in [0.05, 0.1) is 11.8 Å². The van der Waals surface area contributed by atoms with Crippen molar-refractivity contribution in [1.82, 2.24) is 29.4 Å². The van der Waals surface area contributed by atoms with Crippen molar-refractivity contribution in [1.29, 1.82) is 0 Å². The third kappa shape index (κ3) is 5.01. The minimum Gasteiger partial charge on any atom is -0.366 e. The lowest BCUT2D eigenvalue weighted by molar-refractivity contribution is 0.0684.